The molecule has 196 valence electrons. The van der Waals surface area contributed by atoms with Crippen LogP contribution in [0.25, 0.3) is 16.3 Å². The Balaban J connectivity index is 1.21. The highest BCUT2D eigenvalue weighted by molar-refractivity contribution is 7.13. The molecule has 0 spiro atoms. The third kappa shape index (κ3) is 6.51. The molecule has 0 bridgehead atoms. The van der Waals surface area contributed by atoms with Crippen LogP contribution in [0.1, 0.15) is 47.8 Å². The molecule has 1 N–H and O–H groups in total. The number of para-hydroxylation sites is 1. The highest BCUT2D eigenvalue weighted by Crippen LogP contribution is 2.27. The predicted octanol–water partition coefficient (Wildman–Crippen LogP) is 7.24. The molecule has 0 aliphatic heterocycles. The number of benzene rings is 3. The van der Waals surface area contributed by atoms with Gasteiger partial charge in [0.15, 0.2) is 0 Å². The van der Waals surface area contributed by atoms with Crippen LogP contribution in [0.3, 0.4) is 0 Å². The molecule has 5 aromatic rings. The van der Waals surface area contributed by atoms with Gasteiger partial charge in [0.2, 0.25) is 0 Å². The summed E-state index contributed by atoms with van der Waals surface area (Å²) >= 11 is 1.61. The number of hydrazone groups is 1. The second kappa shape index (κ2) is 11.5. The maximum absolute atomic E-state index is 12.7. The Bertz CT molecular complexity index is 1550. The minimum atomic E-state index is -0.287. The summed E-state index contributed by atoms with van der Waals surface area (Å²) in [6.07, 6.45) is 3.54. The maximum Gasteiger partial charge on any atom is 0.271 e. The van der Waals surface area contributed by atoms with Gasteiger partial charge >= 0.3 is 0 Å². The first kappa shape index (κ1) is 26.1. The van der Waals surface area contributed by atoms with Gasteiger partial charge in [-0.2, -0.15) is 10.2 Å². The van der Waals surface area contributed by atoms with E-state index >= 15 is 0 Å². The molecule has 0 aliphatic carbocycles. The number of hydrogen-bond acceptors (Lipinski definition) is 5. The Hall–Kier alpha value is -4.49. The molecular weight excluding hydrogens is 504 g/mol. The number of carbonyl (C=O) groups is 1. The second-order valence-electron chi connectivity index (χ2n) is 10.1. The fourth-order valence-electron chi connectivity index (χ4n) is 3.99. The van der Waals surface area contributed by atoms with Crippen molar-refractivity contribution in [2.75, 3.05) is 0 Å². The zero-order valence-electron chi connectivity index (χ0n) is 22.2. The Morgan fingerprint density at radius 1 is 0.974 bits per heavy atom. The summed E-state index contributed by atoms with van der Waals surface area (Å²) < 4.78 is 7.74. The first-order chi connectivity index (χ1) is 18.9. The summed E-state index contributed by atoms with van der Waals surface area (Å²) in [5.41, 5.74) is 8.06. The Labute approximate surface area is 232 Å². The van der Waals surface area contributed by atoms with Crippen molar-refractivity contribution in [3.05, 3.63) is 125 Å². The van der Waals surface area contributed by atoms with Crippen LogP contribution in [-0.4, -0.2) is 21.9 Å². The quantitative estimate of drug-likeness (QED) is 0.169. The molecule has 0 radical (unpaired) electrons. The first-order valence-corrected chi connectivity index (χ1v) is 13.6. The van der Waals surface area contributed by atoms with Crippen LogP contribution < -0.4 is 10.2 Å². The SMILES string of the molecule is CC(C)(C)c1ccc(OCc2ccc(C(=O)N/N=C/c3cn(-c4ccccc4)nc3-c3cccs3)cc2)cc1. The predicted molar refractivity (Wildman–Crippen MR) is 158 cm³/mol. The van der Waals surface area contributed by atoms with Gasteiger partial charge in [-0.3, -0.25) is 4.79 Å². The molecule has 0 saturated carbocycles. The molecule has 7 heteroatoms. The fraction of sp³-hybridized carbons (Fsp3) is 0.156. The van der Waals surface area contributed by atoms with Crippen molar-refractivity contribution in [2.24, 2.45) is 5.10 Å². The lowest BCUT2D eigenvalue weighted by Gasteiger charge is -2.19. The number of ether oxygens (including phenoxy) is 1. The van der Waals surface area contributed by atoms with E-state index in [0.29, 0.717) is 12.2 Å². The number of thiophene rings is 1. The lowest BCUT2D eigenvalue weighted by atomic mass is 9.87. The monoisotopic (exact) mass is 534 g/mol. The van der Waals surface area contributed by atoms with Gasteiger partial charge in [-0.25, -0.2) is 10.1 Å². The molecule has 0 atom stereocenters. The molecule has 39 heavy (non-hydrogen) atoms. The lowest BCUT2D eigenvalue weighted by Crippen LogP contribution is -2.17. The summed E-state index contributed by atoms with van der Waals surface area (Å²) in [7, 11) is 0. The number of rotatable bonds is 8. The smallest absolute Gasteiger partial charge is 0.271 e. The van der Waals surface area contributed by atoms with Crippen molar-refractivity contribution >= 4 is 23.5 Å². The average Bonchev–Trinajstić information content (AvgIpc) is 3.63. The summed E-state index contributed by atoms with van der Waals surface area (Å²) in [5, 5.41) is 11.0. The van der Waals surface area contributed by atoms with Crippen LogP contribution in [-0.2, 0) is 12.0 Å². The minimum Gasteiger partial charge on any atom is -0.489 e. The minimum absolute atomic E-state index is 0.107. The van der Waals surface area contributed by atoms with Crippen molar-refractivity contribution in [2.45, 2.75) is 32.8 Å². The van der Waals surface area contributed by atoms with E-state index in [9.17, 15) is 4.79 Å². The van der Waals surface area contributed by atoms with E-state index in [1.807, 2.05) is 83.0 Å². The molecule has 0 saturated heterocycles. The fourth-order valence-corrected chi connectivity index (χ4v) is 4.73. The highest BCUT2D eigenvalue weighted by Gasteiger charge is 2.14. The number of nitrogens with one attached hydrogen (secondary N) is 1. The van der Waals surface area contributed by atoms with Crippen molar-refractivity contribution < 1.29 is 9.53 Å². The Kier molecular flexibility index (Phi) is 7.70. The topological polar surface area (TPSA) is 68.5 Å². The zero-order chi connectivity index (χ0) is 27.2. The standard InChI is InChI=1S/C32H30N4O2S/c1-32(2,3)26-15-17-28(18-16-26)38-22-23-11-13-24(14-12-23)31(37)34-33-20-25-21-36(27-8-5-4-6-9-27)35-30(25)29-10-7-19-39-29/h4-21H,22H2,1-3H3,(H,34,37)/b33-20+. The van der Waals surface area contributed by atoms with Crippen molar-refractivity contribution in [1.29, 1.82) is 0 Å². The second-order valence-corrected chi connectivity index (χ2v) is 11.1. The van der Waals surface area contributed by atoms with Crippen molar-refractivity contribution in [1.82, 2.24) is 15.2 Å². The summed E-state index contributed by atoms with van der Waals surface area (Å²) in [4.78, 5) is 13.7. The summed E-state index contributed by atoms with van der Waals surface area (Å²) in [6, 6.07) is 29.4. The van der Waals surface area contributed by atoms with Crippen molar-refractivity contribution in [3.63, 3.8) is 0 Å². The van der Waals surface area contributed by atoms with Crippen LogP contribution in [0.5, 0.6) is 5.75 Å². The molecule has 0 unspecified atom stereocenters. The molecule has 1 amide bonds. The normalized spacial score (nSPS) is 11.6. The summed E-state index contributed by atoms with van der Waals surface area (Å²) in [5.74, 6) is 0.529. The molecule has 6 nitrogen and oxygen atoms in total. The van der Waals surface area contributed by atoms with Crippen LogP contribution in [0.2, 0.25) is 0 Å². The zero-order valence-corrected chi connectivity index (χ0v) is 23.0. The van der Waals surface area contributed by atoms with Gasteiger partial charge < -0.3 is 4.74 Å². The van der Waals surface area contributed by atoms with Crippen LogP contribution in [0.4, 0.5) is 0 Å². The molecule has 2 heterocycles. The Morgan fingerprint density at radius 2 is 1.72 bits per heavy atom. The van der Waals surface area contributed by atoms with Gasteiger partial charge in [0.1, 0.15) is 18.1 Å². The number of aromatic nitrogens is 2. The van der Waals surface area contributed by atoms with E-state index in [1.165, 1.54) is 5.56 Å². The number of nitrogens with zero attached hydrogens (tertiary/aromatic N) is 3. The van der Waals surface area contributed by atoms with E-state index in [4.69, 9.17) is 9.84 Å². The largest absolute Gasteiger partial charge is 0.489 e. The molecule has 3 aromatic carbocycles. The van der Waals surface area contributed by atoms with Gasteiger partial charge in [-0.05, 0) is 64.4 Å². The van der Waals surface area contributed by atoms with Gasteiger partial charge in [0.05, 0.1) is 16.8 Å². The number of amides is 1. The maximum atomic E-state index is 12.7. The third-order valence-corrected chi connectivity index (χ3v) is 7.11. The van der Waals surface area contributed by atoms with E-state index in [1.54, 1.807) is 29.7 Å². The third-order valence-electron chi connectivity index (χ3n) is 6.23. The molecule has 2 aromatic heterocycles. The Morgan fingerprint density at radius 3 is 2.38 bits per heavy atom. The lowest BCUT2D eigenvalue weighted by molar-refractivity contribution is 0.0955. The van der Waals surface area contributed by atoms with Gasteiger partial charge in [-0.15, -0.1) is 11.3 Å². The van der Waals surface area contributed by atoms with E-state index in [2.05, 4.69) is 43.4 Å². The van der Waals surface area contributed by atoms with E-state index in [0.717, 1.165) is 33.1 Å². The average molecular weight is 535 g/mol. The van der Waals surface area contributed by atoms with Gasteiger partial charge in [0.25, 0.3) is 5.91 Å². The van der Waals surface area contributed by atoms with Gasteiger partial charge in [0, 0.05) is 17.3 Å². The molecule has 0 aliphatic rings. The first-order valence-electron chi connectivity index (χ1n) is 12.7. The molecule has 5 rings (SSSR count). The van der Waals surface area contributed by atoms with Crippen LogP contribution in [0, 0.1) is 0 Å². The highest BCUT2D eigenvalue weighted by atomic mass is 32.1. The summed E-state index contributed by atoms with van der Waals surface area (Å²) in [6.45, 7) is 6.99. The number of hydrogen-bond donors (Lipinski definition) is 1. The van der Waals surface area contributed by atoms with Crippen LogP contribution >= 0.6 is 11.3 Å². The van der Waals surface area contributed by atoms with E-state index < -0.39 is 0 Å². The molecule has 0 fully saturated rings. The van der Waals surface area contributed by atoms with Gasteiger partial charge in [-0.1, -0.05) is 69.3 Å². The molecular formula is C32H30N4O2S. The van der Waals surface area contributed by atoms with Crippen molar-refractivity contribution in [3.8, 4) is 22.0 Å². The van der Waals surface area contributed by atoms with E-state index in [-0.39, 0.29) is 11.3 Å². The van der Waals surface area contributed by atoms with Crippen LogP contribution in [0.15, 0.2) is 108 Å². The number of carbonyl (C=O) groups excluding carboxylic acids is 1.